The van der Waals surface area contributed by atoms with Gasteiger partial charge in [-0.2, -0.15) is 0 Å². The summed E-state index contributed by atoms with van der Waals surface area (Å²) < 4.78 is 0. The zero-order valence-corrected chi connectivity index (χ0v) is 9.89. The first kappa shape index (κ1) is 11.7. The minimum absolute atomic E-state index is 0.0525. The second-order valence-electron chi connectivity index (χ2n) is 5.15. The minimum Gasteiger partial charge on any atom is -0.309 e. The minimum atomic E-state index is 0.0525. The number of Topliss-reactive ketones (excluding diaryl/α,β-unsaturated/α-hetero) is 1. The highest BCUT2D eigenvalue weighted by molar-refractivity contribution is 5.82. The molecule has 0 aromatic rings. The molecular formula is C12H23NO. The molecule has 0 saturated heterocycles. The first-order valence-electron chi connectivity index (χ1n) is 5.77. The average molecular weight is 197 g/mol. The van der Waals surface area contributed by atoms with Crippen molar-refractivity contribution in [1.29, 1.82) is 0 Å². The van der Waals surface area contributed by atoms with Gasteiger partial charge in [-0.1, -0.05) is 20.8 Å². The first-order valence-corrected chi connectivity index (χ1v) is 5.77. The van der Waals surface area contributed by atoms with Gasteiger partial charge in [-0.05, 0) is 26.2 Å². The molecule has 0 spiro atoms. The van der Waals surface area contributed by atoms with E-state index in [2.05, 4.69) is 33.0 Å². The van der Waals surface area contributed by atoms with Gasteiger partial charge in [0.2, 0.25) is 0 Å². The smallest absolute Gasteiger partial charge is 0.137 e. The van der Waals surface area contributed by atoms with Crippen LogP contribution in [0.25, 0.3) is 0 Å². The fraction of sp³-hybridized carbons (Fsp3) is 0.917. The molecule has 0 aromatic carbocycles. The molecule has 1 aliphatic carbocycles. The lowest BCUT2D eigenvalue weighted by atomic mass is 9.75. The highest BCUT2D eigenvalue weighted by atomic mass is 16.1. The average Bonchev–Trinajstić information content (AvgIpc) is 2.02. The molecule has 1 saturated carbocycles. The summed E-state index contributed by atoms with van der Waals surface area (Å²) in [5, 5.41) is 3.51. The van der Waals surface area contributed by atoms with E-state index < -0.39 is 0 Å². The van der Waals surface area contributed by atoms with Crippen molar-refractivity contribution in [2.75, 3.05) is 0 Å². The van der Waals surface area contributed by atoms with Crippen molar-refractivity contribution in [3.05, 3.63) is 0 Å². The van der Waals surface area contributed by atoms with Crippen LogP contribution in [-0.2, 0) is 4.79 Å². The Hall–Kier alpha value is -0.370. The van der Waals surface area contributed by atoms with Crippen LogP contribution < -0.4 is 5.32 Å². The maximum Gasteiger partial charge on any atom is 0.137 e. The van der Waals surface area contributed by atoms with E-state index in [1.54, 1.807) is 0 Å². The number of carbonyl (C=O) groups is 1. The number of nitrogens with one attached hydrogen (secondary N) is 1. The fourth-order valence-electron chi connectivity index (χ4n) is 2.52. The summed E-state index contributed by atoms with van der Waals surface area (Å²) in [5.41, 5.74) is 0.0525. The van der Waals surface area contributed by atoms with Gasteiger partial charge in [-0.25, -0.2) is 0 Å². The fourth-order valence-corrected chi connectivity index (χ4v) is 2.52. The van der Waals surface area contributed by atoms with Gasteiger partial charge < -0.3 is 5.32 Å². The quantitative estimate of drug-likeness (QED) is 0.753. The van der Waals surface area contributed by atoms with Crippen LogP contribution in [0.1, 0.15) is 53.4 Å². The standard InChI is InChI=1S/C12H23NO/c1-5-10-6-7-12(4,8-11(10)14)13-9(2)3/h9-10,13H,5-8H2,1-4H3. The molecule has 0 radical (unpaired) electrons. The largest absolute Gasteiger partial charge is 0.309 e. The SMILES string of the molecule is CCC1CCC(C)(NC(C)C)CC1=O. The Morgan fingerprint density at radius 2 is 2.21 bits per heavy atom. The van der Waals surface area contributed by atoms with Crippen LogP contribution in [-0.4, -0.2) is 17.4 Å². The molecule has 14 heavy (non-hydrogen) atoms. The van der Waals surface area contributed by atoms with Crippen molar-refractivity contribution >= 4 is 5.78 Å². The Morgan fingerprint density at radius 1 is 1.57 bits per heavy atom. The van der Waals surface area contributed by atoms with Crippen LogP contribution in [0.4, 0.5) is 0 Å². The van der Waals surface area contributed by atoms with E-state index in [0.29, 0.717) is 24.2 Å². The Morgan fingerprint density at radius 3 is 2.64 bits per heavy atom. The monoisotopic (exact) mass is 197 g/mol. The van der Waals surface area contributed by atoms with Gasteiger partial charge in [0.15, 0.2) is 0 Å². The van der Waals surface area contributed by atoms with Gasteiger partial charge in [-0.3, -0.25) is 4.79 Å². The van der Waals surface area contributed by atoms with Crippen LogP contribution in [0.15, 0.2) is 0 Å². The molecule has 2 nitrogen and oxygen atoms in total. The van der Waals surface area contributed by atoms with Crippen molar-refractivity contribution < 1.29 is 4.79 Å². The number of hydrogen-bond donors (Lipinski definition) is 1. The third kappa shape index (κ3) is 2.81. The Kier molecular flexibility index (Phi) is 3.71. The molecule has 2 heteroatoms. The van der Waals surface area contributed by atoms with E-state index in [1.807, 2.05) is 0 Å². The normalized spacial score (nSPS) is 33.8. The summed E-state index contributed by atoms with van der Waals surface area (Å²) in [6, 6.07) is 0.464. The van der Waals surface area contributed by atoms with Crippen LogP contribution in [0.3, 0.4) is 0 Å². The molecule has 1 fully saturated rings. The predicted molar refractivity (Wildman–Crippen MR) is 59.3 cm³/mol. The Balaban J connectivity index is 2.56. The van der Waals surface area contributed by atoms with Gasteiger partial charge in [-0.15, -0.1) is 0 Å². The maximum atomic E-state index is 11.8. The van der Waals surface area contributed by atoms with Gasteiger partial charge in [0.1, 0.15) is 5.78 Å². The van der Waals surface area contributed by atoms with Gasteiger partial charge in [0.25, 0.3) is 0 Å². The lowest BCUT2D eigenvalue weighted by Crippen LogP contribution is -2.51. The van der Waals surface area contributed by atoms with Crippen molar-refractivity contribution in [3.8, 4) is 0 Å². The Labute approximate surface area is 87.5 Å². The van der Waals surface area contributed by atoms with Crippen molar-refractivity contribution in [2.45, 2.75) is 65.0 Å². The number of rotatable bonds is 3. The summed E-state index contributed by atoms with van der Waals surface area (Å²) in [5.74, 6) is 0.784. The number of hydrogen-bond acceptors (Lipinski definition) is 2. The third-order valence-electron chi connectivity index (χ3n) is 3.19. The highest BCUT2D eigenvalue weighted by Crippen LogP contribution is 2.31. The maximum absolute atomic E-state index is 11.8. The molecule has 2 unspecified atom stereocenters. The second-order valence-corrected chi connectivity index (χ2v) is 5.15. The van der Waals surface area contributed by atoms with Gasteiger partial charge in [0, 0.05) is 23.9 Å². The molecule has 1 rings (SSSR count). The molecule has 2 atom stereocenters. The first-order chi connectivity index (χ1) is 6.47. The molecule has 0 aliphatic heterocycles. The van der Waals surface area contributed by atoms with Crippen molar-refractivity contribution in [1.82, 2.24) is 5.32 Å². The lowest BCUT2D eigenvalue weighted by molar-refractivity contribution is -0.126. The van der Waals surface area contributed by atoms with E-state index in [9.17, 15) is 4.79 Å². The summed E-state index contributed by atoms with van der Waals surface area (Å²) in [4.78, 5) is 11.8. The molecule has 82 valence electrons. The molecular weight excluding hydrogens is 174 g/mol. The lowest BCUT2D eigenvalue weighted by Gasteiger charge is -2.38. The predicted octanol–water partition coefficient (Wildman–Crippen LogP) is 2.52. The van der Waals surface area contributed by atoms with E-state index in [4.69, 9.17) is 0 Å². The van der Waals surface area contributed by atoms with Crippen LogP contribution >= 0.6 is 0 Å². The molecule has 0 amide bonds. The van der Waals surface area contributed by atoms with Crippen LogP contribution in [0, 0.1) is 5.92 Å². The molecule has 0 bridgehead atoms. The van der Waals surface area contributed by atoms with E-state index in [0.717, 1.165) is 19.3 Å². The summed E-state index contributed by atoms with van der Waals surface area (Å²) in [6.45, 7) is 8.57. The molecule has 1 aliphatic rings. The highest BCUT2D eigenvalue weighted by Gasteiger charge is 2.35. The van der Waals surface area contributed by atoms with Crippen molar-refractivity contribution in [3.63, 3.8) is 0 Å². The zero-order valence-electron chi connectivity index (χ0n) is 9.89. The summed E-state index contributed by atoms with van der Waals surface area (Å²) in [7, 11) is 0. The summed E-state index contributed by atoms with van der Waals surface area (Å²) >= 11 is 0. The summed E-state index contributed by atoms with van der Waals surface area (Å²) in [6.07, 6.45) is 3.92. The number of carbonyl (C=O) groups excluding carboxylic acids is 1. The van der Waals surface area contributed by atoms with Crippen molar-refractivity contribution in [2.24, 2.45) is 5.92 Å². The molecule has 0 heterocycles. The molecule has 0 aromatic heterocycles. The second kappa shape index (κ2) is 4.43. The Bertz CT molecular complexity index is 212. The van der Waals surface area contributed by atoms with Gasteiger partial charge in [0.05, 0.1) is 0 Å². The number of ketones is 1. The van der Waals surface area contributed by atoms with E-state index in [1.165, 1.54) is 0 Å². The third-order valence-corrected chi connectivity index (χ3v) is 3.19. The molecule has 1 N–H and O–H groups in total. The topological polar surface area (TPSA) is 29.1 Å². The van der Waals surface area contributed by atoms with Gasteiger partial charge >= 0.3 is 0 Å². The van der Waals surface area contributed by atoms with Crippen LogP contribution in [0.2, 0.25) is 0 Å². The van der Waals surface area contributed by atoms with Crippen LogP contribution in [0.5, 0.6) is 0 Å². The zero-order chi connectivity index (χ0) is 10.8. The van der Waals surface area contributed by atoms with E-state index >= 15 is 0 Å². The van der Waals surface area contributed by atoms with E-state index in [-0.39, 0.29) is 5.54 Å².